The maximum absolute atomic E-state index is 6.13. The van der Waals surface area contributed by atoms with Gasteiger partial charge in [0.25, 0.3) is 0 Å². The number of rotatable bonds is 3. The van der Waals surface area contributed by atoms with Crippen molar-refractivity contribution < 1.29 is 9.47 Å². The SMILES string of the molecule is COc1ccc(-c2ccc3ncnc(Cl)c3c2)cc1OC. The molecular formula is C16H13ClN2O2. The molecule has 0 unspecified atom stereocenters. The van der Waals surface area contributed by atoms with Gasteiger partial charge in [-0.3, -0.25) is 0 Å². The number of fused-ring (bicyclic) bond motifs is 1. The van der Waals surface area contributed by atoms with Crippen molar-refractivity contribution in [3.63, 3.8) is 0 Å². The lowest BCUT2D eigenvalue weighted by atomic mass is 10.0. The normalized spacial score (nSPS) is 10.6. The van der Waals surface area contributed by atoms with Gasteiger partial charge in [-0.05, 0) is 35.4 Å². The number of hydrogen-bond acceptors (Lipinski definition) is 4. The Kier molecular flexibility index (Phi) is 3.62. The van der Waals surface area contributed by atoms with Crippen LogP contribution in [0.3, 0.4) is 0 Å². The molecule has 0 saturated heterocycles. The highest BCUT2D eigenvalue weighted by atomic mass is 35.5. The summed E-state index contributed by atoms with van der Waals surface area (Å²) in [5.74, 6) is 1.38. The lowest BCUT2D eigenvalue weighted by Gasteiger charge is -2.10. The fourth-order valence-corrected chi connectivity index (χ4v) is 2.42. The molecule has 0 aliphatic heterocycles. The van der Waals surface area contributed by atoms with Crippen LogP contribution >= 0.6 is 11.6 Å². The van der Waals surface area contributed by atoms with E-state index >= 15 is 0 Å². The van der Waals surface area contributed by atoms with Crippen molar-refractivity contribution in [1.82, 2.24) is 9.97 Å². The Morgan fingerprint density at radius 3 is 2.33 bits per heavy atom. The van der Waals surface area contributed by atoms with Crippen LogP contribution < -0.4 is 9.47 Å². The summed E-state index contributed by atoms with van der Waals surface area (Å²) >= 11 is 6.13. The zero-order chi connectivity index (χ0) is 14.8. The van der Waals surface area contributed by atoms with Crippen LogP contribution in [0.2, 0.25) is 5.15 Å². The molecule has 0 saturated carbocycles. The molecule has 0 aliphatic rings. The summed E-state index contributed by atoms with van der Waals surface area (Å²) < 4.78 is 10.6. The molecule has 0 N–H and O–H groups in total. The maximum Gasteiger partial charge on any atom is 0.161 e. The Balaban J connectivity index is 2.14. The molecule has 3 rings (SSSR count). The van der Waals surface area contributed by atoms with Gasteiger partial charge in [-0.25, -0.2) is 9.97 Å². The number of hydrogen-bond donors (Lipinski definition) is 0. The fourth-order valence-electron chi connectivity index (χ4n) is 2.22. The Morgan fingerprint density at radius 1 is 0.857 bits per heavy atom. The third kappa shape index (κ3) is 2.50. The second kappa shape index (κ2) is 5.58. The summed E-state index contributed by atoms with van der Waals surface area (Å²) in [5.41, 5.74) is 2.84. The number of nitrogens with zero attached hydrogens (tertiary/aromatic N) is 2. The molecule has 0 bridgehead atoms. The second-order valence-electron chi connectivity index (χ2n) is 4.47. The highest BCUT2D eigenvalue weighted by Crippen LogP contribution is 2.33. The molecule has 1 heterocycles. The molecule has 0 aliphatic carbocycles. The first-order valence-electron chi connectivity index (χ1n) is 6.35. The predicted octanol–water partition coefficient (Wildman–Crippen LogP) is 3.97. The van der Waals surface area contributed by atoms with Crippen LogP contribution in [0, 0.1) is 0 Å². The summed E-state index contributed by atoms with van der Waals surface area (Å²) in [6.07, 6.45) is 1.46. The minimum Gasteiger partial charge on any atom is -0.493 e. The van der Waals surface area contributed by atoms with Crippen LogP contribution in [0.4, 0.5) is 0 Å². The molecule has 106 valence electrons. The van der Waals surface area contributed by atoms with E-state index < -0.39 is 0 Å². The second-order valence-corrected chi connectivity index (χ2v) is 4.82. The molecule has 0 spiro atoms. The number of benzene rings is 2. The van der Waals surface area contributed by atoms with Crippen LogP contribution in [-0.4, -0.2) is 24.2 Å². The van der Waals surface area contributed by atoms with Crippen LogP contribution in [-0.2, 0) is 0 Å². The maximum atomic E-state index is 6.13. The molecule has 0 fully saturated rings. The fraction of sp³-hybridized carbons (Fsp3) is 0.125. The van der Waals surface area contributed by atoms with Gasteiger partial charge in [0, 0.05) is 5.39 Å². The summed E-state index contributed by atoms with van der Waals surface area (Å²) in [5, 5.41) is 1.27. The minimum absolute atomic E-state index is 0.447. The molecule has 5 heteroatoms. The van der Waals surface area contributed by atoms with Crippen molar-refractivity contribution in [3.8, 4) is 22.6 Å². The van der Waals surface area contributed by atoms with E-state index in [0.717, 1.165) is 22.0 Å². The first kappa shape index (κ1) is 13.6. The average Bonchev–Trinajstić information content (AvgIpc) is 2.54. The zero-order valence-corrected chi connectivity index (χ0v) is 12.4. The highest BCUT2D eigenvalue weighted by Gasteiger charge is 2.08. The predicted molar refractivity (Wildman–Crippen MR) is 83.1 cm³/mol. The minimum atomic E-state index is 0.447. The molecule has 0 atom stereocenters. The van der Waals surface area contributed by atoms with Gasteiger partial charge in [0.1, 0.15) is 11.5 Å². The van der Waals surface area contributed by atoms with Gasteiger partial charge in [-0.2, -0.15) is 0 Å². The van der Waals surface area contributed by atoms with Crippen molar-refractivity contribution in [3.05, 3.63) is 47.9 Å². The van der Waals surface area contributed by atoms with Gasteiger partial charge in [-0.1, -0.05) is 23.7 Å². The van der Waals surface area contributed by atoms with E-state index in [9.17, 15) is 0 Å². The van der Waals surface area contributed by atoms with Crippen molar-refractivity contribution in [2.45, 2.75) is 0 Å². The van der Waals surface area contributed by atoms with E-state index in [0.29, 0.717) is 16.7 Å². The third-order valence-electron chi connectivity index (χ3n) is 3.30. The smallest absolute Gasteiger partial charge is 0.161 e. The number of methoxy groups -OCH3 is 2. The number of ether oxygens (including phenoxy) is 2. The molecule has 21 heavy (non-hydrogen) atoms. The van der Waals surface area contributed by atoms with E-state index in [1.54, 1.807) is 14.2 Å². The van der Waals surface area contributed by atoms with Crippen LogP contribution in [0.5, 0.6) is 11.5 Å². The van der Waals surface area contributed by atoms with E-state index in [2.05, 4.69) is 9.97 Å². The third-order valence-corrected chi connectivity index (χ3v) is 3.60. The summed E-state index contributed by atoms with van der Waals surface area (Å²) in [7, 11) is 3.23. The van der Waals surface area contributed by atoms with Crippen LogP contribution in [0.15, 0.2) is 42.7 Å². The van der Waals surface area contributed by atoms with E-state index in [1.807, 2.05) is 36.4 Å². The molecular weight excluding hydrogens is 288 g/mol. The lowest BCUT2D eigenvalue weighted by molar-refractivity contribution is 0.355. The van der Waals surface area contributed by atoms with Crippen molar-refractivity contribution in [2.75, 3.05) is 14.2 Å². The van der Waals surface area contributed by atoms with Crippen molar-refractivity contribution >= 4 is 22.5 Å². The van der Waals surface area contributed by atoms with E-state index in [1.165, 1.54) is 6.33 Å². The highest BCUT2D eigenvalue weighted by molar-refractivity contribution is 6.34. The van der Waals surface area contributed by atoms with Gasteiger partial charge in [0.2, 0.25) is 0 Å². The van der Waals surface area contributed by atoms with Gasteiger partial charge in [-0.15, -0.1) is 0 Å². The lowest BCUT2D eigenvalue weighted by Crippen LogP contribution is -1.91. The van der Waals surface area contributed by atoms with Crippen molar-refractivity contribution in [2.24, 2.45) is 0 Å². The Morgan fingerprint density at radius 2 is 1.57 bits per heavy atom. The van der Waals surface area contributed by atoms with Crippen molar-refractivity contribution in [1.29, 1.82) is 0 Å². The monoisotopic (exact) mass is 300 g/mol. The quantitative estimate of drug-likeness (QED) is 0.687. The zero-order valence-electron chi connectivity index (χ0n) is 11.6. The van der Waals surface area contributed by atoms with E-state index in [-0.39, 0.29) is 0 Å². The number of halogens is 1. The molecule has 4 nitrogen and oxygen atoms in total. The van der Waals surface area contributed by atoms with Gasteiger partial charge < -0.3 is 9.47 Å². The molecule has 1 aromatic heterocycles. The topological polar surface area (TPSA) is 44.2 Å². The summed E-state index contributed by atoms with van der Waals surface area (Å²) in [6, 6.07) is 11.7. The first-order chi connectivity index (χ1) is 10.2. The van der Waals surface area contributed by atoms with Gasteiger partial charge in [0.05, 0.1) is 19.7 Å². The van der Waals surface area contributed by atoms with Crippen LogP contribution in [0.25, 0.3) is 22.0 Å². The van der Waals surface area contributed by atoms with E-state index in [4.69, 9.17) is 21.1 Å². The van der Waals surface area contributed by atoms with Crippen LogP contribution in [0.1, 0.15) is 0 Å². The Bertz CT molecular complexity index is 805. The Labute approximate surface area is 127 Å². The largest absolute Gasteiger partial charge is 0.493 e. The van der Waals surface area contributed by atoms with Gasteiger partial charge >= 0.3 is 0 Å². The molecule has 0 amide bonds. The molecule has 0 radical (unpaired) electrons. The summed E-state index contributed by atoms with van der Waals surface area (Å²) in [4.78, 5) is 8.21. The average molecular weight is 301 g/mol. The number of aromatic nitrogens is 2. The molecule has 2 aromatic carbocycles. The first-order valence-corrected chi connectivity index (χ1v) is 6.73. The van der Waals surface area contributed by atoms with Gasteiger partial charge in [0.15, 0.2) is 11.5 Å². The Hall–Kier alpha value is -2.33. The standard InChI is InChI=1S/C16H13ClN2O2/c1-20-14-6-4-11(8-15(14)21-2)10-3-5-13-12(7-10)16(17)19-9-18-13/h3-9H,1-2H3. The molecule has 3 aromatic rings. The summed E-state index contributed by atoms with van der Waals surface area (Å²) in [6.45, 7) is 0.